The van der Waals surface area contributed by atoms with Crippen molar-refractivity contribution in [3.05, 3.63) is 17.8 Å². The van der Waals surface area contributed by atoms with Gasteiger partial charge in [0.25, 0.3) is 5.91 Å². The lowest BCUT2D eigenvalue weighted by molar-refractivity contribution is -0.121. The molecule has 2 amide bonds. The number of anilines is 2. The van der Waals surface area contributed by atoms with Crippen molar-refractivity contribution in [1.29, 1.82) is 0 Å². The molecular weight excluding hydrogens is 234 g/mol. The Labute approximate surface area is 105 Å². The summed E-state index contributed by atoms with van der Waals surface area (Å²) in [5.41, 5.74) is 11.1. The lowest BCUT2D eigenvalue weighted by Crippen LogP contribution is -2.37. The summed E-state index contributed by atoms with van der Waals surface area (Å²) in [5.74, 6) is -0.419. The van der Waals surface area contributed by atoms with Crippen LogP contribution in [0.3, 0.4) is 0 Å². The summed E-state index contributed by atoms with van der Waals surface area (Å²) in [7, 11) is 0. The van der Waals surface area contributed by atoms with Crippen molar-refractivity contribution < 1.29 is 9.59 Å². The normalized spacial score (nSPS) is 11.7. The van der Waals surface area contributed by atoms with Gasteiger partial charge in [-0.1, -0.05) is 0 Å². The first-order chi connectivity index (χ1) is 8.45. The average Bonchev–Trinajstić information content (AvgIpc) is 2.31. The zero-order valence-electron chi connectivity index (χ0n) is 10.4. The Morgan fingerprint density at radius 3 is 2.72 bits per heavy atom. The van der Waals surface area contributed by atoms with Crippen molar-refractivity contribution in [2.24, 2.45) is 5.73 Å². The van der Waals surface area contributed by atoms with Gasteiger partial charge < -0.3 is 22.1 Å². The second-order valence-corrected chi connectivity index (χ2v) is 3.78. The third-order valence-electron chi connectivity index (χ3n) is 2.31. The predicted molar refractivity (Wildman–Crippen MR) is 68.9 cm³/mol. The van der Waals surface area contributed by atoms with E-state index in [0.29, 0.717) is 12.4 Å². The first-order valence-corrected chi connectivity index (χ1v) is 5.55. The molecule has 0 saturated carbocycles. The SMILES string of the molecule is CCNC(=O)C(C)Nc1cc(C(N)=O)c(N)cn1. The van der Waals surface area contributed by atoms with Crippen LogP contribution in [0.5, 0.6) is 0 Å². The molecule has 0 aliphatic rings. The Balaban J connectivity index is 2.82. The summed E-state index contributed by atoms with van der Waals surface area (Å²) >= 11 is 0. The van der Waals surface area contributed by atoms with Gasteiger partial charge in [0.05, 0.1) is 17.4 Å². The summed E-state index contributed by atoms with van der Waals surface area (Å²) in [6, 6.07) is 0.953. The maximum atomic E-state index is 11.5. The average molecular weight is 251 g/mol. The van der Waals surface area contributed by atoms with E-state index in [2.05, 4.69) is 15.6 Å². The highest BCUT2D eigenvalue weighted by Crippen LogP contribution is 2.14. The molecule has 18 heavy (non-hydrogen) atoms. The summed E-state index contributed by atoms with van der Waals surface area (Å²) in [6.45, 7) is 4.07. The molecule has 0 aromatic carbocycles. The number of amides is 2. The van der Waals surface area contributed by atoms with Gasteiger partial charge in [0, 0.05) is 6.54 Å². The smallest absolute Gasteiger partial charge is 0.250 e. The monoisotopic (exact) mass is 251 g/mol. The summed E-state index contributed by atoms with van der Waals surface area (Å²) in [4.78, 5) is 26.6. The van der Waals surface area contributed by atoms with E-state index >= 15 is 0 Å². The number of nitrogens with zero attached hydrogens (tertiary/aromatic N) is 1. The fourth-order valence-corrected chi connectivity index (χ4v) is 1.37. The first kappa shape index (κ1) is 13.8. The third kappa shape index (κ3) is 3.34. The summed E-state index contributed by atoms with van der Waals surface area (Å²) in [5, 5.41) is 5.53. The van der Waals surface area contributed by atoms with Crippen LogP contribution in [0.25, 0.3) is 0 Å². The molecule has 6 N–H and O–H groups in total. The third-order valence-corrected chi connectivity index (χ3v) is 2.31. The van der Waals surface area contributed by atoms with Gasteiger partial charge in [-0.25, -0.2) is 4.98 Å². The Kier molecular flexibility index (Phi) is 4.47. The second-order valence-electron chi connectivity index (χ2n) is 3.78. The number of pyridine rings is 1. The summed E-state index contributed by atoms with van der Waals surface area (Å²) < 4.78 is 0. The Hall–Kier alpha value is -2.31. The number of nitrogen functional groups attached to an aromatic ring is 1. The fourth-order valence-electron chi connectivity index (χ4n) is 1.37. The largest absolute Gasteiger partial charge is 0.397 e. The maximum absolute atomic E-state index is 11.5. The van der Waals surface area contributed by atoms with Gasteiger partial charge in [-0.15, -0.1) is 0 Å². The number of hydrogen-bond donors (Lipinski definition) is 4. The van der Waals surface area contributed by atoms with Crippen LogP contribution in [0.1, 0.15) is 24.2 Å². The van der Waals surface area contributed by atoms with Crippen molar-refractivity contribution in [3.63, 3.8) is 0 Å². The van der Waals surface area contributed by atoms with Gasteiger partial charge in [-0.05, 0) is 19.9 Å². The molecule has 0 saturated heterocycles. The number of likely N-dealkylation sites (N-methyl/N-ethyl adjacent to an activating group) is 1. The Morgan fingerprint density at radius 1 is 1.50 bits per heavy atom. The molecule has 0 spiro atoms. The summed E-state index contributed by atoms with van der Waals surface area (Å²) in [6.07, 6.45) is 1.33. The highest BCUT2D eigenvalue weighted by atomic mass is 16.2. The van der Waals surface area contributed by atoms with Gasteiger partial charge in [-0.2, -0.15) is 0 Å². The van der Waals surface area contributed by atoms with Gasteiger partial charge in [0.2, 0.25) is 5.91 Å². The molecule has 1 heterocycles. The molecule has 1 aromatic heterocycles. The number of aromatic nitrogens is 1. The minimum absolute atomic E-state index is 0.156. The molecule has 0 bridgehead atoms. The highest BCUT2D eigenvalue weighted by Gasteiger charge is 2.14. The van der Waals surface area contributed by atoms with E-state index in [4.69, 9.17) is 11.5 Å². The van der Waals surface area contributed by atoms with Crippen molar-refractivity contribution >= 4 is 23.3 Å². The van der Waals surface area contributed by atoms with Gasteiger partial charge in [-0.3, -0.25) is 9.59 Å². The van der Waals surface area contributed by atoms with Gasteiger partial charge >= 0.3 is 0 Å². The van der Waals surface area contributed by atoms with E-state index in [0.717, 1.165) is 0 Å². The van der Waals surface area contributed by atoms with Crippen LogP contribution in [-0.2, 0) is 4.79 Å². The number of nitrogens with two attached hydrogens (primary N) is 2. The first-order valence-electron chi connectivity index (χ1n) is 5.55. The molecule has 98 valence electrons. The lowest BCUT2D eigenvalue weighted by Gasteiger charge is -2.14. The quantitative estimate of drug-likeness (QED) is 0.572. The molecule has 7 nitrogen and oxygen atoms in total. The Morgan fingerprint density at radius 2 is 2.17 bits per heavy atom. The molecule has 0 aliphatic heterocycles. The van der Waals surface area contributed by atoms with Crippen LogP contribution in [0.15, 0.2) is 12.3 Å². The number of hydrogen-bond acceptors (Lipinski definition) is 5. The molecule has 1 aromatic rings. The van der Waals surface area contributed by atoms with Crippen LogP contribution in [0.4, 0.5) is 11.5 Å². The lowest BCUT2D eigenvalue weighted by atomic mass is 10.2. The molecule has 1 atom stereocenters. The van der Waals surface area contributed by atoms with Crippen molar-refractivity contribution in [2.45, 2.75) is 19.9 Å². The second kappa shape index (κ2) is 5.85. The van der Waals surface area contributed by atoms with E-state index in [9.17, 15) is 9.59 Å². The zero-order valence-corrected chi connectivity index (χ0v) is 10.4. The maximum Gasteiger partial charge on any atom is 0.250 e. The van der Waals surface area contributed by atoms with E-state index < -0.39 is 11.9 Å². The molecule has 0 fully saturated rings. The van der Waals surface area contributed by atoms with Crippen molar-refractivity contribution in [1.82, 2.24) is 10.3 Å². The number of carbonyl (C=O) groups excluding carboxylic acids is 2. The van der Waals surface area contributed by atoms with Crippen LogP contribution in [-0.4, -0.2) is 29.4 Å². The van der Waals surface area contributed by atoms with E-state index in [1.165, 1.54) is 12.3 Å². The number of rotatable bonds is 5. The molecule has 1 unspecified atom stereocenters. The zero-order chi connectivity index (χ0) is 13.7. The van der Waals surface area contributed by atoms with Crippen molar-refractivity contribution in [2.75, 3.05) is 17.6 Å². The molecule has 1 rings (SSSR count). The van der Waals surface area contributed by atoms with Gasteiger partial charge in [0.15, 0.2) is 0 Å². The van der Waals surface area contributed by atoms with E-state index in [-0.39, 0.29) is 17.2 Å². The highest BCUT2D eigenvalue weighted by molar-refractivity contribution is 5.98. The fraction of sp³-hybridized carbons (Fsp3) is 0.364. The minimum atomic E-state index is -0.636. The van der Waals surface area contributed by atoms with Gasteiger partial charge in [0.1, 0.15) is 11.9 Å². The van der Waals surface area contributed by atoms with E-state index in [1.54, 1.807) is 6.92 Å². The molecule has 7 heteroatoms. The van der Waals surface area contributed by atoms with Crippen LogP contribution >= 0.6 is 0 Å². The van der Waals surface area contributed by atoms with Crippen LogP contribution in [0, 0.1) is 0 Å². The number of primary amides is 1. The van der Waals surface area contributed by atoms with Crippen molar-refractivity contribution in [3.8, 4) is 0 Å². The van der Waals surface area contributed by atoms with Crippen LogP contribution < -0.4 is 22.1 Å². The topological polar surface area (TPSA) is 123 Å². The molecule has 0 radical (unpaired) electrons. The molecule has 0 aliphatic carbocycles. The minimum Gasteiger partial charge on any atom is -0.397 e. The number of carbonyl (C=O) groups is 2. The Bertz CT molecular complexity index is 461. The van der Waals surface area contributed by atoms with Crippen LogP contribution in [0.2, 0.25) is 0 Å². The predicted octanol–water partition coefficient (Wildman–Crippen LogP) is -0.301. The standard InChI is InChI=1S/C11H17N5O2/c1-3-14-11(18)6(2)16-9-4-7(10(13)17)8(12)5-15-9/h4-6H,3,12H2,1-2H3,(H2,13,17)(H,14,18)(H,15,16). The number of nitrogens with one attached hydrogen (secondary N) is 2. The molecular formula is C11H17N5O2. The van der Waals surface area contributed by atoms with E-state index in [1.807, 2.05) is 6.92 Å².